The van der Waals surface area contributed by atoms with E-state index in [1.807, 2.05) is 0 Å². The van der Waals surface area contributed by atoms with Gasteiger partial charge in [-0.3, -0.25) is 0 Å². The van der Waals surface area contributed by atoms with E-state index in [9.17, 15) is 0 Å². The summed E-state index contributed by atoms with van der Waals surface area (Å²) < 4.78 is 1.77. The molecule has 2 rings (SSSR count). The average Bonchev–Trinajstić information content (AvgIpc) is 2.59. The van der Waals surface area contributed by atoms with Crippen molar-refractivity contribution in [2.75, 3.05) is 0 Å². The number of fused-ring (bicyclic) bond motifs is 1. The number of alkyl halides is 1. The van der Waals surface area contributed by atoms with E-state index in [0.717, 1.165) is 15.8 Å². The van der Waals surface area contributed by atoms with Gasteiger partial charge in [0.25, 0.3) is 0 Å². The number of hydrogen-bond donors (Lipinski definition) is 0. The minimum atomic E-state index is 0.334. The van der Waals surface area contributed by atoms with E-state index in [1.54, 1.807) is 4.52 Å². The Hall–Kier alpha value is -0.680. The number of nitrogens with zero attached hydrogens (tertiary/aromatic N) is 4. The molecule has 13 heavy (non-hydrogen) atoms. The van der Waals surface area contributed by atoms with Crippen molar-refractivity contribution >= 4 is 27.9 Å². The zero-order chi connectivity index (χ0) is 9.42. The minimum absolute atomic E-state index is 0.334. The highest BCUT2D eigenvalue weighted by Gasteiger charge is 2.13. The summed E-state index contributed by atoms with van der Waals surface area (Å²) >= 11 is 7.16. The van der Waals surface area contributed by atoms with Crippen LogP contribution in [0, 0.1) is 0 Å². The van der Waals surface area contributed by atoms with E-state index < -0.39 is 0 Å². The molecule has 6 heteroatoms. The van der Waals surface area contributed by atoms with E-state index >= 15 is 0 Å². The average molecular weight is 217 g/mol. The van der Waals surface area contributed by atoms with Gasteiger partial charge >= 0.3 is 0 Å². The van der Waals surface area contributed by atoms with Crippen molar-refractivity contribution in [3.63, 3.8) is 0 Å². The molecule has 2 heterocycles. The Morgan fingerprint density at radius 1 is 1.46 bits per heavy atom. The first-order valence-corrected chi connectivity index (χ1v) is 5.34. The van der Waals surface area contributed by atoms with Crippen LogP contribution in [0.5, 0.6) is 0 Å². The van der Waals surface area contributed by atoms with Crippen molar-refractivity contribution in [1.29, 1.82) is 0 Å². The zero-order valence-electron chi connectivity index (χ0n) is 7.36. The highest BCUT2D eigenvalue weighted by Crippen LogP contribution is 2.19. The lowest BCUT2D eigenvalue weighted by molar-refractivity contribution is 0.721. The smallest absolute Gasteiger partial charge is 0.187 e. The van der Waals surface area contributed by atoms with Gasteiger partial charge in [-0.05, 0) is 0 Å². The summed E-state index contributed by atoms with van der Waals surface area (Å²) in [4.78, 5) is 0.819. The molecule has 0 saturated carbocycles. The van der Waals surface area contributed by atoms with Gasteiger partial charge in [0.1, 0.15) is 5.01 Å². The first kappa shape index (κ1) is 8.90. The van der Waals surface area contributed by atoms with E-state index in [0.29, 0.717) is 11.8 Å². The molecule has 0 aliphatic rings. The SMILES string of the molecule is CC(C)c1nnc2sc(CCl)nn12. The van der Waals surface area contributed by atoms with Crippen LogP contribution in [0.2, 0.25) is 0 Å². The molecule has 0 atom stereocenters. The molecular formula is C7H9ClN4S. The number of halogens is 1. The summed E-state index contributed by atoms with van der Waals surface area (Å²) in [5.74, 6) is 1.66. The van der Waals surface area contributed by atoms with Crippen LogP contribution in [0.3, 0.4) is 0 Å². The maximum absolute atomic E-state index is 5.67. The third kappa shape index (κ3) is 1.42. The Morgan fingerprint density at radius 2 is 2.23 bits per heavy atom. The van der Waals surface area contributed by atoms with Gasteiger partial charge < -0.3 is 0 Å². The topological polar surface area (TPSA) is 43.1 Å². The van der Waals surface area contributed by atoms with Gasteiger partial charge in [-0.1, -0.05) is 25.2 Å². The molecular weight excluding hydrogens is 208 g/mol. The fourth-order valence-electron chi connectivity index (χ4n) is 1.09. The van der Waals surface area contributed by atoms with Gasteiger partial charge in [0.05, 0.1) is 5.88 Å². The van der Waals surface area contributed by atoms with E-state index in [-0.39, 0.29) is 0 Å². The summed E-state index contributed by atoms with van der Waals surface area (Å²) in [6.45, 7) is 4.13. The van der Waals surface area contributed by atoms with E-state index in [2.05, 4.69) is 29.1 Å². The van der Waals surface area contributed by atoms with Gasteiger partial charge in [0.2, 0.25) is 4.96 Å². The fourth-order valence-corrected chi connectivity index (χ4v) is 1.99. The first-order chi connectivity index (χ1) is 6.22. The maximum atomic E-state index is 5.67. The first-order valence-electron chi connectivity index (χ1n) is 3.99. The predicted octanol–water partition coefficient (Wildman–Crippen LogP) is 2.05. The molecule has 0 aliphatic carbocycles. The lowest BCUT2D eigenvalue weighted by atomic mass is 10.2. The standard InChI is InChI=1S/C7H9ClN4S/c1-4(2)6-9-10-7-12(6)11-5(3-8)13-7/h4H,3H2,1-2H3. The van der Waals surface area contributed by atoms with Crippen LogP contribution in [-0.2, 0) is 5.88 Å². The van der Waals surface area contributed by atoms with Crippen LogP contribution in [0.15, 0.2) is 0 Å². The summed E-state index contributed by atoms with van der Waals surface area (Å²) in [6.07, 6.45) is 0. The zero-order valence-corrected chi connectivity index (χ0v) is 8.93. The molecule has 0 unspecified atom stereocenters. The molecule has 2 aromatic heterocycles. The van der Waals surface area contributed by atoms with Gasteiger partial charge in [-0.15, -0.1) is 21.8 Å². The van der Waals surface area contributed by atoms with E-state index in [1.165, 1.54) is 11.3 Å². The van der Waals surface area contributed by atoms with Crippen LogP contribution in [0.1, 0.15) is 30.6 Å². The van der Waals surface area contributed by atoms with E-state index in [4.69, 9.17) is 11.6 Å². The predicted molar refractivity (Wildman–Crippen MR) is 52.3 cm³/mol. The summed E-state index contributed by atoms with van der Waals surface area (Å²) in [5.41, 5.74) is 0. The summed E-state index contributed by atoms with van der Waals surface area (Å²) in [7, 11) is 0. The maximum Gasteiger partial charge on any atom is 0.234 e. The molecule has 0 bridgehead atoms. The van der Waals surface area contributed by atoms with Crippen molar-refractivity contribution in [1.82, 2.24) is 19.8 Å². The van der Waals surface area contributed by atoms with Gasteiger partial charge in [-0.2, -0.15) is 9.61 Å². The van der Waals surface area contributed by atoms with Crippen LogP contribution in [-0.4, -0.2) is 19.8 Å². The van der Waals surface area contributed by atoms with Crippen molar-refractivity contribution in [3.8, 4) is 0 Å². The molecule has 4 nitrogen and oxygen atoms in total. The Kier molecular flexibility index (Phi) is 2.21. The van der Waals surface area contributed by atoms with Gasteiger partial charge in [-0.25, -0.2) is 0 Å². The van der Waals surface area contributed by atoms with Crippen LogP contribution in [0.25, 0.3) is 4.96 Å². The highest BCUT2D eigenvalue weighted by atomic mass is 35.5. The molecule has 0 radical (unpaired) electrons. The Bertz CT molecular complexity index is 419. The van der Waals surface area contributed by atoms with Crippen molar-refractivity contribution < 1.29 is 0 Å². The fraction of sp³-hybridized carbons (Fsp3) is 0.571. The Labute approximate surface area is 84.5 Å². The van der Waals surface area contributed by atoms with Crippen molar-refractivity contribution in [2.45, 2.75) is 25.6 Å². The number of rotatable bonds is 2. The third-order valence-corrected chi connectivity index (χ3v) is 3.00. The molecule has 70 valence electrons. The molecule has 0 amide bonds. The molecule has 0 N–H and O–H groups in total. The summed E-state index contributed by atoms with van der Waals surface area (Å²) in [5, 5.41) is 13.2. The monoisotopic (exact) mass is 216 g/mol. The molecule has 0 saturated heterocycles. The molecule has 0 aliphatic heterocycles. The number of aromatic nitrogens is 4. The lowest BCUT2D eigenvalue weighted by Crippen LogP contribution is -1.98. The second-order valence-electron chi connectivity index (χ2n) is 3.04. The normalized spacial score (nSPS) is 11.7. The Morgan fingerprint density at radius 3 is 2.85 bits per heavy atom. The largest absolute Gasteiger partial charge is 0.234 e. The van der Waals surface area contributed by atoms with Crippen LogP contribution >= 0.6 is 22.9 Å². The molecule has 0 aromatic carbocycles. The minimum Gasteiger partial charge on any atom is -0.187 e. The second kappa shape index (κ2) is 3.23. The molecule has 0 fully saturated rings. The van der Waals surface area contributed by atoms with Gasteiger partial charge in [0, 0.05) is 5.92 Å². The molecule has 2 aromatic rings. The summed E-state index contributed by atoms with van der Waals surface area (Å²) in [6, 6.07) is 0. The quantitative estimate of drug-likeness (QED) is 0.722. The second-order valence-corrected chi connectivity index (χ2v) is 4.34. The van der Waals surface area contributed by atoms with Gasteiger partial charge in [0.15, 0.2) is 5.82 Å². The van der Waals surface area contributed by atoms with Crippen LogP contribution in [0.4, 0.5) is 0 Å². The molecule has 0 spiro atoms. The lowest BCUT2D eigenvalue weighted by Gasteiger charge is -1.97. The van der Waals surface area contributed by atoms with Crippen molar-refractivity contribution in [3.05, 3.63) is 10.8 Å². The number of hydrogen-bond acceptors (Lipinski definition) is 4. The Balaban J connectivity index is 2.58. The third-order valence-electron chi connectivity index (χ3n) is 1.69. The van der Waals surface area contributed by atoms with Crippen molar-refractivity contribution in [2.24, 2.45) is 0 Å². The highest BCUT2D eigenvalue weighted by molar-refractivity contribution is 7.16. The van der Waals surface area contributed by atoms with Crippen LogP contribution < -0.4 is 0 Å².